The Morgan fingerprint density at radius 2 is 1.68 bits per heavy atom. The lowest BCUT2D eigenvalue weighted by atomic mass is 9.86. The highest BCUT2D eigenvalue weighted by Gasteiger charge is 2.57. The molecule has 3 aromatic carbocycles. The van der Waals surface area contributed by atoms with Gasteiger partial charge >= 0.3 is 0 Å². The predicted octanol–water partition coefficient (Wildman–Crippen LogP) is 4.82. The molecule has 1 fully saturated rings. The average molecular weight is 439 g/mol. The van der Waals surface area contributed by atoms with E-state index in [2.05, 4.69) is 0 Å². The summed E-state index contributed by atoms with van der Waals surface area (Å²) in [7, 11) is 0. The van der Waals surface area contributed by atoms with E-state index in [1.807, 2.05) is 12.1 Å². The van der Waals surface area contributed by atoms with Crippen molar-refractivity contribution >= 4 is 23.4 Å². The van der Waals surface area contributed by atoms with Gasteiger partial charge in [-0.2, -0.15) is 0 Å². The van der Waals surface area contributed by atoms with Gasteiger partial charge in [-0.3, -0.25) is 9.59 Å². The molecule has 0 aromatic heterocycles. The lowest BCUT2D eigenvalue weighted by Crippen LogP contribution is -2.62. The highest BCUT2D eigenvalue weighted by atomic mass is 35.5. The van der Waals surface area contributed by atoms with Gasteiger partial charge in [0.15, 0.2) is 17.3 Å². The van der Waals surface area contributed by atoms with Crippen LogP contribution in [0.15, 0.2) is 66.7 Å². The van der Waals surface area contributed by atoms with Crippen LogP contribution in [0.5, 0.6) is 0 Å². The van der Waals surface area contributed by atoms with Gasteiger partial charge < -0.3 is 9.80 Å². The van der Waals surface area contributed by atoms with Crippen LogP contribution in [0.3, 0.4) is 0 Å². The number of hydrogen-bond donors (Lipinski definition) is 0. The molecular weight excluding hydrogens is 422 g/mol. The van der Waals surface area contributed by atoms with E-state index in [9.17, 15) is 18.4 Å². The fraction of sp³-hybridized carbons (Fsp3) is 0.167. The van der Waals surface area contributed by atoms with E-state index >= 15 is 0 Å². The Balaban J connectivity index is 1.76. The van der Waals surface area contributed by atoms with Gasteiger partial charge in [0.2, 0.25) is 0 Å². The Morgan fingerprint density at radius 1 is 0.935 bits per heavy atom. The van der Waals surface area contributed by atoms with Crippen molar-refractivity contribution in [3.63, 3.8) is 0 Å². The van der Waals surface area contributed by atoms with Crippen LogP contribution in [-0.4, -0.2) is 34.7 Å². The molecule has 0 aliphatic carbocycles. The van der Waals surface area contributed by atoms with E-state index < -0.39 is 23.2 Å². The molecule has 1 unspecified atom stereocenters. The minimum Gasteiger partial charge on any atom is -0.307 e. The van der Waals surface area contributed by atoms with Crippen molar-refractivity contribution in [3.8, 4) is 0 Å². The molecule has 2 heterocycles. The molecular formula is C24H17ClF2N2O2. The molecule has 2 aliphatic rings. The smallest absolute Gasteiger partial charge is 0.256 e. The highest BCUT2D eigenvalue weighted by Crippen LogP contribution is 2.49. The van der Waals surface area contributed by atoms with Gasteiger partial charge in [-0.1, -0.05) is 41.9 Å². The number of nitrogens with zero attached hydrogens (tertiary/aromatic N) is 2. The molecule has 1 saturated heterocycles. The zero-order chi connectivity index (χ0) is 21.8. The number of fused-ring (bicyclic) bond motifs is 3. The first-order chi connectivity index (χ1) is 14.9. The third-order valence-corrected chi connectivity index (χ3v) is 6.23. The van der Waals surface area contributed by atoms with Crippen LogP contribution in [0, 0.1) is 11.6 Å². The van der Waals surface area contributed by atoms with Crippen LogP contribution in [0.1, 0.15) is 38.3 Å². The first-order valence-corrected chi connectivity index (χ1v) is 10.3. The van der Waals surface area contributed by atoms with Crippen LogP contribution >= 0.6 is 11.6 Å². The Labute approximate surface area is 182 Å². The molecule has 3 aromatic rings. The first kappa shape index (κ1) is 19.7. The Morgan fingerprint density at radius 3 is 2.42 bits per heavy atom. The Hall–Kier alpha value is -3.25. The van der Waals surface area contributed by atoms with Crippen molar-refractivity contribution < 1.29 is 18.4 Å². The standard InChI is InChI=1S/C24H17ClF2N2O2/c25-17-9-7-16(8-10-17)24-19-5-2-1-4-18(19)23(31)29(24)13-3-12-28(24)22(30)15-6-11-20(26)21(27)14-15/h1-2,4-11,14H,3,12-13H2. The van der Waals surface area contributed by atoms with E-state index in [-0.39, 0.29) is 11.5 Å². The maximum Gasteiger partial charge on any atom is 0.256 e. The molecule has 2 aliphatic heterocycles. The summed E-state index contributed by atoms with van der Waals surface area (Å²) < 4.78 is 27.4. The van der Waals surface area contributed by atoms with Crippen molar-refractivity contribution in [1.29, 1.82) is 0 Å². The van der Waals surface area contributed by atoms with Gasteiger partial charge in [0.1, 0.15) is 0 Å². The number of benzene rings is 3. The normalized spacial score (nSPS) is 19.9. The molecule has 0 spiro atoms. The van der Waals surface area contributed by atoms with E-state index in [0.717, 1.165) is 12.1 Å². The number of carbonyl (C=O) groups is 2. The fourth-order valence-electron chi connectivity index (χ4n) is 4.70. The number of amides is 2. The summed E-state index contributed by atoms with van der Waals surface area (Å²) in [5, 5.41) is 0.526. The van der Waals surface area contributed by atoms with Gasteiger partial charge in [0.25, 0.3) is 11.8 Å². The molecule has 2 amide bonds. The second kappa shape index (κ2) is 7.17. The minimum absolute atomic E-state index is 0.0194. The molecule has 0 bridgehead atoms. The van der Waals surface area contributed by atoms with Gasteiger partial charge in [0.05, 0.1) is 0 Å². The fourth-order valence-corrected chi connectivity index (χ4v) is 4.82. The molecule has 156 valence electrons. The van der Waals surface area contributed by atoms with Crippen molar-refractivity contribution in [2.45, 2.75) is 12.1 Å². The molecule has 0 radical (unpaired) electrons. The van der Waals surface area contributed by atoms with Crippen LogP contribution in [0.25, 0.3) is 0 Å². The van der Waals surface area contributed by atoms with Crippen LogP contribution < -0.4 is 0 Å². The largest absolute Gasteiger partial charge is 0.307 e. The summed E-state index contributed by atoms with van der Waals surface area (Å²) in [5.41, 5.74) is 0.718. The quantitative estimate of drug-likeness (QED) is 0.575. The van der Waals surface area contributed by atoms with E-state index in [4.69, 9.17) is 11.6 Å². The lowest BCUT2D eigenvalue weighted by Gasteiger charge is -2.51. The van der Waals surface area contributed by atoms with Crippen molar-refractivity contribution in [2.75, 3.05) is 13.1 Å². The van der Waals surface area contributed by atoms with Gasteiger partial charge in [-0.25, -0.2) is 8.78 Å². The van der Waals surface area contributed by atoms with Crippen LogP contribution in [0.2, 0.25) is 5.02 Å². The van der Waals surface area contributed by atoms with Crippen molar-refractivity contribution in [2.24, 2.45) is 0 Å². The minimum atomic E-state index is -1.20. The van der Waals surface area contributed by atoms with Crippen LogP contribution in [-0.2, 0) is 5.66 Å². The Bertz CT molecular complexity index is 1210. The molecule has 31 heavy (non-hydrogen) atoms. The van der Waals surface area contributed by atoms with Gasteiger partial charge in [0, 0.05) is 40.4 Å². The van der Waals surface area contributed by atoms with Crippen molar-refractivity contribution in [1.82, 2.24) is 9.80 Å². The number of carbonyl (C=O) groups excluding carboxylic acids is 2. The number of hydrogen-bond acceptors (Lipinski definition) is 2. The topological polar surface area (TPSA) is 40.6 Å². The Kier molecular flexibility index (Phi) is 4.55. The number of rotatable bonds is 2. The summed E-state index contributed by atoms with van der Waals surface area (Å²) in [4.78, 5) is 30.2. The highest BCUT2D eigenvalue weighted by molar-refractivity contribution is 6.30. The van der Waals surface area contributed by atoms with Crippen molar-refractivity contribution in [3.05, 3.63) is 106 Å². The summed E-state index contributed by atoms with van der Waals surface area (Å²) in [6.45, 7) is 0.802. The first-order valence-electron chi connectivity index (χ1n) is 9.89. The molecule has 0 N–H and O–H groups in total. The second-order valence-electron chi connectivity index (χ2n) is 7.62. The SMILES string of the molecule is O=C(c1ccc(F)c(F)c1)N1CCCN2C(=O)c3ccccc3C12c1ccc(Cl)cc1. The summed E-state index contributed by atoms with van der Waals surface area (Å²) in [6, 6.07) is 17.3. The van der Waals surface area contributed by atoms with E-state index in [0.29, 0.717) is 41.2 Å². The molecule has 1 atom stereocenters. The summed E-state index contributed by atoms with van der Waals surface area (Å²) >= 11 is 6.11. The monoisotopic (exact) mass is 438 g/mol. The van der Waals surface area contributed by atoms with E-state index in [1.165, 1.54) is 6.07 Å². The number of halogens is 3. The zero-order valence-corrected chi connectivity index (χ0v) is 17.1. The third kappa shape index (κ3) is 2.78. The maximum atomic E-state index is 13.9. The molecule has 0 saturated carbocycles. The molecule has 5 rings (SSSR count). The van der Waals surface area contributed by atoms with Gasteiger partial charge in [-0.05, 0) is 42.8 Å². The lowest BCUT2D eigenvalue weighted by molar-refractivity contribution is -0.0249. The summed E-state index contributed by atoms with van der Waals surface area (Å²) in [6.07, 6.45) is 0.560. The zero-order valence-electron chi connectivity index (χ0n) is 16.3. The average Bonchev–Trinajstić information content (AvgIpc) is 3.05. The predicted molar refractivity (Wildman–Crippen MR) is 112 cm³/mol. The maximum absolute atomic E-state index is 13.9. The third-order valence-electron chi connectivity index (χ3n) is 5.98. The summed E-state index contributed by atoms with van der Waals surface area (Å²) in [5.74, 6) is -2.77. The molecule has 7 heteroatoms. The van der Waals surface area contributed by atoms with Gasteiger partial charge in [-0.15, -0.1) is 0 Å². The van der Waals surface area contributed by atoms with E-state index in [1.54, 1.807) is 46.2 Å². The second-order valence-corrected chi connectivity index (χ2v) is 8.06. The van der Waals surface area contributed by atoms with Crippen LogP contribution in [0.4, 0.5) is 8.78 Å². The molecule has 4 nitrogen and oxygen atoms in total.